The first-order valence-corrected chi connectivity index (χ1v) is 12.2. The summed E-state index contributed by atoms with van der Waals surface area (Å²) in [5, 5.41) is 19.7. The quantitative estimate of drug-likeness (QED) is 0.546. The molecule has 1 aromatic heterocycles. The second-order valence-electron chi connectivity index (χ2n) is 8.23. The second-order valence-corrected chi connectivity index (χ2v) is 10.6. The first kappa shape index (κ1) is 22.8. The van der Waals surface area contributed by atoms with Crippen molar-refractivity contribution in [1.29, 1.82) is 0 Å². The van der Waals surface area contributed by atoms with E-state index in [1.165, 1.54) is 10.4 Å². The summed E-state index contributed by atoms with van der Waals surface area (Å²) in [5.74, 6) is 0.911. The van der Waals surface area contributed by atoms with E-state index < -0.39 is 27.8 Å². The van der Waals surface area contributed by atoms with E-state index in [0.29, 0.717) is 46.2 Å². The molecule has 4 rings (SSSR count). The number of aliphatic hydroxyl groups excluding tert-OH is 1. The Kier molecular flexibility index (Phi) is 5.87. The Morgan fingerprint density at radius 1 is 1.19 bits per heavy atom. The lowest BCUT2D eigenvalue weighted by molar-refractivity contribution is -0.0534. The highest BCUT2D eigenvalue weighted by Gasteiger charge is 2.44. The first-order valence-electron chi connectivity index (χ1n) is 10.4. The predicted molar refractivity (Wildman–Crippen MR) is 123 cm³/mol. The van der Waals surface area contributed by atoms with Crippen LogP contribution in [-0.2, 0) is 10.0 Å². The van der Waals surface area contributed by atoms with Gasteiger partial charge in [0.25, 0.3) is 0 Å². The lowest BCUT2D eigenvalue weighted by atomic mass is 9.86. The highest BCUT2D eigenvalue weighted by atomic mass is 35.5. The number of ether oxygens (including phenoxy) is 1. The largest absolute Gasteiger partial charge is 0.485 e. The summed E-state index contributed by atoms with van der Waals surface area (Å²) in [6.07, 6.45) is -1.000. The van der Waals surface area contributed by atoms with E-state index in [1.807, 2.05) is 0 Å². The number of sulfonamides is 1. The van der Waals surface area contributed by atoms with Crippen LogP contribution in [0.25, 0.3) is 11.0 Å². The molecule has 2 heterocycles. The molecule has 1 unspecified atom stereocenters. The molecular weight excluding hydrogens is 454 g/mol. The minimum atomic E-state index is -3.69. The van der Waals surface area contributed by atoms with Crippen molar-refractivity contribution in [1.82, 2.24) is 9.46 Å². The zero-order valence-electron chi connectivity index (χ0n) is 18.3. The Morgan fingerprint density at radius 3 is 2.59 bits per heavy atom. The number of aliphatic hydroxyl groups is 1. The maximum absolute atomic E-state index is 13.1. The van der Waals surface area contributed by atoms with Gasteiger partial charge < -0.3 is 19.7 Å². The molecule has 0 saturated heterocycles. The monoisotopic (exact) mass is 479 g/mol. The van der Waals surface area contributed by atoms with Crippen molar-refractivity contribution in [3.05, 3.63) is 47.0 Å². The van der Waals surface area contributed by atoms with Gasteiger partial charge in [-0.05, 0) is 44.2 Å². The Labute approximate surface area is 192 Å². The van der Waals surface area contributed by atoms with Crippen LogP contribution in [0.2, 0.25) is 5.02 Å². The molecule has 1 aliphatic heterocycles. The van der Waals surface area contributed by atoms with Crippen molar-refractivity contribution in [3.63, 3.8) is 0 Å². The number of hydrogen-bond donors (Lipinski definition) is 2. The number of rotatable bonds is 6. The van der Waals surface area contributed by atoms with Crippen LogP contribution < -0.4 is 10.1 Å². The molecule has 0 fully saturated rings. The van der Waals surface area contributed by atoms with Crippen LogP contribution in [0.5, 0.6) is 5.75 Å². The molecular formula is C22H26ClN3O5S. The van der Waals surface area contributed by atoms with Gasteiger partial charge in [-0.15, -0.1) is 0 Å². The summed E-state index contributed by atoms with van der Waals surface area (Å²) >= 11 is 6.03. The Morgan fingerprint density at radius 2 is 1.91 bits per heavy atom. The van der Waals surface area contributed by atoms with Gasteiger partial charge in [0.2, 0.25) is 10.0 Å². The van der Waals surface area contributed by atoms with Gasteiger partial charge >= 0.3 is 0 Å². The number of nitrogens with zero attached hydrogens (tertiary/aromatic N) is 2. The Balaban J connectivity index is 1.80. The minimum Gasteiger partial charge on any atom is -0.485 e. The van der Waals surface area contributed by atoms with E-state index in [1.54, 1.807) is 58.0 Å². The number of anilines is 1. The van der Waals surface area contributed by atoms with E-state index in [0.717, 1.165) is 0 Å². The van der Waals surface area contributed by atoms with Gasteiger partial charge in [0.1, 0.15) is 17.5 Å². The molecule has 0 amide bonds. The minimum absolute atomic E-state index is 0.138. The van der Waals surface area contributed by atoms with Crippen molar-refractivity contribution in [2.75, 3.05) is 18.4 Å². The van der Waals surface area contributed by atoms with Crippen molar-refractivity contribution < 1.29 is 22.8 Å². The fourth-order valence-corrected chi connectivity index (χ4v) is 5.63. The van der Waals surface area contributed by atoms with E-state index in [9.17, 15) is 13.5 Å². The topological polar surface area (TPSA) is 105 Å². The average Bonchev–Trinajstić information content (AvgIpc) is 3.13. The van der Waals surface area contributed by atoms with Crippen LogP contribution in [0.4, 0.5) is 5.82 Å². The van der Waals surface area contributed by atoms with Crippen LogP contribution in [0.3, 0.4) is 0 Å². The molecule has 172 valence electrons. The van der Waals surface area contributed by atoms with Gasteiger partial charge in [0.15, 0.2) is 11.4 Å². The number of halogens is 1. The summed E-state index contributed by atoms with van der Waals surface area (Å²) in [6, 6.07) is 9.18. The summed E-state index contributed by atoms with van der Waals surface area (Å²) < 4.78 is 38.9. The Hall–Kier alpha value is -2.33. The number of nitrogens with one attached hydrogen (secondary N) is 1. The van der Waals surface area contributed by atoms with Gasteiger partial charge in [0.05, 0.1) is 16.3 Å². The number of fused-ring (bicyclic) bond motifs is 2. The van der Waals surface area contributed by atoms with E-state index in [-0.39, 0.29) is 4.90 Å². The second kappa shape index (κ2) is 8.22. The maximum atomic E-state index is 13.1. The normalized spacial score (nSPS) is 20.2. The van der Waals surface area contributed by atoms with Crippen molar-refractivity contribution in [2.24, 2.45) is 0 Å². The van der Waals surface area contributed by atoms with Crippen LogP contribution in [-0.4, -0.2) is 47.8 Å². The maximum Gasteiger partial charge on any atom is 0.243 e. The molecule has 2 atom stereocenters. The SMILES string of the molecule is CCN(CC)S(=O)(=O)c1ccc2c(c1)[C@@H](Nc1noc3cc(Cl)ccc13)C(O)C(C)(C)O2. The molecule has 0 bridgehead atoms. The van der Waals surface area contributed by atoms with E-state index >= 15 is 0 Å². The molecule has 2 aromatic carbocycles. The molecule has 8 nitrogen and oxygen atoms in total. The van der Waals surface area contributed by atoms with Gasteiger partial charge in [-0.3, -0.25) is 0 Å². The van der Waals surface area contributed by atoms with Gasteiger partial charge in [-0.1, -0.05) is 30.6 Å². The molecule has 10 heteroatoms. The molecule has 0 spiro atoms. The number of aromatic nitrogens is 1. The molecule has 0 aliphatic carbocycles. The first-order chi connectivity index (χ1) is 15.1. The standard InChI is InChI=1S/C22H26ClN3O5S/c1-5-26(6-2)32(28,29)14-8-10-17-16(12-14)19(20(27)22(3,4)30-17)24-21-15-9-7-13(23)11-18(15)31-25-21/h7-12,19-20,27H,5-6H2,1-4H3,(H,24,25)/t19-,20?/m1/s1. The molecule has 3 aromatic rings. The van der Waals surface area contributed by atoms with Gasteiger partial charge in [-0.2, -0.15) is 4.31 Å². The lowest BCUT2D eigenvalue weighted by Gasteiger charge is -2.42. The fraction of sp³-hybridized carbons (Fsp3) is 0.409. The van der Waals surface area contributed by atoms with Gasteiger partial charge in [0, 0.05) is 29.7 Å². The van der Waals surface area contributed by atoms with Crippen LogP contribution in [0.1, 0.15) is 39.3 Å². The smallest absolute Gasteiger partial charge is 0.243 e. The van der Waals surface area contributed by atoms with Crippen LogP contribution in [0.15, 0.2) is 45.8 Å². The molecule has 1 aliphatic rings. The van der Waals surface area contributed by atoms with Gasteiger partial charge in [-0.25, -0.2) is 8.42 Å². The summed E-state index contributed by atoms with van der Waals surface area (Å²) in [6.45, 7) is 7.85. The fourth-order valence-electron chi connectivity index (χ4n) is 3.97. The predicted octanol–water partition coefficient (Wildman–Crippen LogP) is 4.20. The molecule has 32 heavy (non-hydrogen) atoms. The number of benzene rings is 2. The summed E-state index contributed by atoms with van der Waals surface area (Å²) in [5.41, 5.74) is 0.0985. The highest BCUT2D eigenvalue weighted by Crippen LogP contribution is 2.43. The third-order valence-corrected chi connectivity index (χ3v) is 8.07. The molecule has 0 radical (unpaired) electrons. The molecule has 2 N–H and O–H groups in total. The van der Waals surface area contributed by atoms with Crippen LogP contribution >= 0.6 is 11.6 Å². The third kappa shape index (κ3) is 3.83. The zero-order chi connectivity index (χ0) is 23.3. The summed E-state index contributed by atoms with van der Waals surface area (Å²) in [7, 11) is -3.69. The van der Waals surface area contributed by atoms with Crippen molar-refractivity contribution >= 4 is 38.4 Å². The van der Waals surface area contributed by atoms with Crippen molar-refractivity contribution in [2.45, 2.75) is 50.3 Å². The van der Waals surface area contributed by atoms with E-state index in [2.05, 4.69) is 10.5 Å². The Bertz CT molecular complexity index is 1250. The zero-order valence-corrected chi connectivity index (χ0v) is 19.9. The van der Waals surface area contributed by atoms with Crippen LogP contribution in [0, 0.1) is 0 Å². The third-order valence-electron chi connectivity index (χ3n) is 5.79. The lowest BCUT2D eigenvalue weighted by Crippen LogP contribution is -2.50. The number of hydrogen-bond acceptors (Lipinski definition) is 7. The van der Waals surface area contributed by atoms with E-state index in [4.69, 9.17) is 20.9 Å². The average molecular weight is 480 g/mol. The highest BCUT2D eigenvalue weighted by molar-refractivity contribution is 7.89. The summed E-state index contributed by atoms with van der Waals surface area (Å²) in [4.78, 5) is 0.138. The molecule has 0 saturated carbocycles. The van der Waals surface area contributed by atoms with Crippen molar-refractivity contribution in [3.8, 4) is 5.75 Å².